The number of fused-ring (bicyclic) bond motifs is 1. The number of H-pyrrole nitrogens is 1. The predicted molar refractivity (Wildman–Crippen MR) is 107 cm³/mol. The summed E-state index contributed by atoms with van der Waals surface area (Å²) in [5.41, 5.74) is 5.18. The SMILES string of the molecule is Clc1ccc(/C=C/c2nc3ccc(-c4ccccc4)cc3[nH]2)c(Cl)c1. The molecule has 0 unspecified atom stereocenters. The van der Waals surface area contributed by atoms with Gasteiger partial charge in [0.2, 0.25) is 0 Å². The van der Waals surface area contributed by atoms with Crippen LogP contribution >= 0.6 is 23.2 Å². The molecule has 25 heavy (non-hydrogen) atoms. The summed E-state index contributed by atoms with van der Waals surface area (Å²) in [4.78, 5) is 7.94. The molecule has 0 spiro atoms. The van der Waals surface area contributed by atoms with Gasteiger partial charge in [0.1, 0.15) is 5.82 Å². The van der Waals surface area contributed by atoms with Gasteiger partial charge < -0.3 is 4.98 Å². The Morgan fingerprint density at radius 3 is 2.44 bits per heavy atom. The second-order valence-electron chi connectivity index (χ2n) is 5.72. The third kappa shape index (κ3) is 3.46. The van der Waals surface area contributed by atoms with Crippen molar-refractivity contribution in [3.05, 3.63) is 88.2 Å². The molecule has 0 aliphatic carbocycles. The van der Waals surface area contributed by atoms with Gasteiger partial charge in [0.25, 0.3) is 0 Å². The van der Waals surface area contributed by atoms with E-state index in [0.717, 1.165) is 28.0 Å². The summed E-state index contributed by atoms with van der Waals surface area (Å²) in [6.45, 7) is 0. The third-order valence-electron chi connectivity index (χ3n) is 3.99. The number of nitrogens with zero attached hydrogens (tertiary/aromatic N) is 1. The van der Waals surface area contributed by atoms with E-state index in [2.05, 4.69) is 34.2 Å². The summed E-state index contributed by atoms with van der Waals surface area (Å²) in [5.74, 6) is 0.784. The first kappa shape index (κ1) is 15.9. The Labute approximate surface area is 155 Å². The van der Waals surface area contributed by atoms with Gasteiger partial charge in [-0.25, -0.2) is 4.98 Å². The van der Waals surface area contributed by atoms with E-state index in [9.17, 15) is 0 Å². The van der Waals surface area contributed by atoms with Gasteiger partial charge in [-0.1, -0.05) is 65.7 Å². The van der Waals surface area contributed by atoms with Gasteiger partial charge in [0.15, 0.2) is 0 Å². The highest BCUT2D eigenvalue weighted by molar-refractivity contribution is 6.35. The predicted octanol–water partition coefficient (Wildman–Crippen LogP) is 6.71. The fraction of sp³-hybridized carbons (Fsp3) is 0. The third-order valence-corrected chi connectivity index (χ3v) is 4.55. The molecule has 122 valence electrons. The second kappa shape index (κ2) is 6.75. The monoisotopic (exact) mass is 364 g/mol. The minimum atomic E-state index is 0.617. The summed E-state index contributed by atoms with van der Waals surface area (Å²) >= 11 is 12.1. The molecule has 0 radical (unpaired) electrons. The van der Waals surface area contributed by atoms with Gasteiger partial charge in [-0.05, 0) is 53.1 Å². The first-order valence-corrected chi connectivity index (χ1v) is 8.63. The molecule has 2 nitrogen and oxygen atoms in total. The van der Waals surface area contributed by atoms with Gasteiger partial charge in [-0.2, -0.15) is 0 Å². The van der Waals surface area contributed by atoms with Crippen LogP contribution in [0, 0.1) is 0 Å². The van der Waals surface area contributed by atoms with Crippen molar-refractivity contribution in [2.45, 2.75) is 0 Å². The lowest BCUT2D eigenvalue weighted by molar-refractivity contribution is 1.29. The normalized spacial score (nSPS) is 11.4. The van der Waals surface area contributed by atoms with Gasteiger partial charge in [0.05, 0.1) is 11.0 Å². The minimum Gasteiger partial charge on any atom is -0.338 e. The van der Waals surface area contributed by atoms with E-state index < -0.39 is 0 Å². The standard InChI is InChI=1S/C21H14Cl2N2/c22-17-9-6-15(18(23)13-17)8-11-21-24-19-10-7-16(12-20(19)25-21)14-4-2-1-3-5-14/h1-13H,(H,24,25)/b11-8+. The Morgan fingerprint density at radius 1 is 0.800 bits per heavy atom. The lowest BCUT2D eigenvalue weighted by Crippen LogP contribution is -1.77. The van der Waals surface area contributed by atoms with Crippen LogP contribution in [0.3, 0.4) is 0 Å². The molecule has 0 fully saturated rings. The van der Waals surface area contributed by atoms with Crippen LogP contribution in [0.4, 0.5) is 0 Å². The minimum absolute atomic E-state index is 0.617. The highest BCUT2D eigenvalue weighted by atomic mass is 35.5. The molecular formula is C21H14Cl2N2. The molecule has 0 aliphatic heterocycles. The molecule has 4 rings (SSSR count). The van der Waals surface area contributed by atoms with Gasteiger partial charge in [-0.3, -0.25) is 0 Å². The molecule has 0 saturated carbocycles. The summed E-state index contributed by atoms with van der Waals surface area (Å²) in [6.07, 6.45) is 3.84. The van der Waals surface area contributed by atoms with Crippen molar-refractivity contribution in [2.24, 2.45) is 0 Å². The van der Waals surface area contributed by atoms with Crippen molar-refractivity contribution in [3.8, 4) is 11.1 Å². The second-order valence-corrected chi connectivity index (χ2v) is 6.56. The van der Waals surface area contributed by atoms with Gasteiger partial charge in [0, 0.05) is 10.0 Å². The average Bonchev–Trinajstić information content (AvgIpc) is 3.04. The summed E-state index contributed by atoms with van der Waals surface area (Å²) < 4.78 is 0. The van der Waals surface area contributed by atoms with Gasteiger partial charge >= 0.3 is 0 Å². The summed E-state index contributed by atoms with van der Waals surface area (Å²) in [5, 5.41) is 1.24. The summed E-state index contributed by atoms with van der Waals surface area (Å²) in [7, 11) is 0. The molecule has 4 aromatic rings. The van der Waals surface area contributed by atoms with Crippen LogP contribution in [0.1, 0.15) is 11.4 Å². The fourth-order valence-corrected chi connectivity index (χ4v) is 3.20. The van der Waals surface area contributed by atoms with Crippen molar-refractivity contribution in [2.75, 3.05) is 0 Å². The van der Waals surface area contributed by atoms with Crippen molar-refractivity contribution < 1.29 is 0 Å². The molecular weight excluding hydrogens is 351 g/mol. The maximum atomic E-state index is 6.20. The van der Waals surface area contributed by atoms with Crippen LogP contribution in [0.2, 0.25) is 10.0 Å². The van der Waals surface area contributed by atoms with Crippen LogP contribution < -0.4 is 0 Å². The Kier molecular flexibility index (Phi) is 4.31. The molecule has 0 aliphatic rings. The first-order valence-electron chi connectivity index (χ1n) is 7.87. The Morgan fingerprint density at radius 2 is 1.64 bits per heavy atom. The summed E-state index contributed by atoms with van der Waals surface area (Å²) in [6, 6.07) is 22.0. The number of hydrogen-bond donors (Lipinski definition) is 1. The van der Waals surface area contributed by atoms with Crippen molar-refractivity contribution in [1.29, 1.82) is 0 Å². The topological polar surface area (TPSA) is 28.7 Å². The van der Waals surface area contributed by atoms with Gasteiger partial charge in [-0.15, -0.1) is 0 Å². The van der Waals surface area contributed by atoms with Crippen molar-refractivity contribution >= 4 is 46.4 Å². The maximum absolute atomic E-state index is 6.20. The number of benzene rings is 3. The Balaban J connectivity index is 1.66. The van der Waals surface area contributed by atoms with Crippen LogP contribution in [-0.4, -0.2) is 9.97 Å². The zero-order chi connectivity index (χ0) is 17.2. The number of nitrogens with one attached hydrogen (secondary N) is 1. The smallest absolute Gasteiger partial charge is 0.131 e. The zero-order valence-electron chi connectivity index (χ0n) is 13.2. The quantitative estimate of drug-likeness (QED) is 0.430. The van der Waals surface area contributed by atoms with Crippen LogP contribution in [0.15, 0.2) is 66.7 Å². The highest BCUT2D eigenvalue weighted by Gasteiger charge is 2.04. The van der Waals surface area contributed by atoms with E-state index >= 15 is 0 Å². The molecule has 4 heteroatoms. The molecule has 0 saturated heterocycles. The highest BCUT2D eigenvalue weighted by Crippen LogP contribution is 2.25. The molecule has 0 bridgehead atoms. The lowest BCUT2D eigenvalue weighted by Gasteiger charge is -2.00. The number of halogens is 2. The molecule has 1 aromatic heterocycles. The van der Waals surface area contributed by atoms with Crippen molar-refractivity contribution in [3.63, 3.8) is 0 Å². The first-order chi connectivity index (χ1) is 12.2. The number of imidazole rings is 1. The van der Waals surface area contributed by atoms with E-state index in [1.807, 2.05) is 48.6 Å². The average molecular weight is 365 g/mol. The van der Waals surface area contributed by atoms with Crippen LogP contribution in [0.25, 0.3) is 34.3 Å². The van der Waals surface area contributed by atoms with Crippen molar-refractivity contribution in [1.82, 2.24) is 9.97 Å². The number of rotatable bonds is 3. The molecule has 1 heterocycles. The molecule has 0 amide bonds. The van der Waals surface area contributed by atoms with E-state index in [4.69, 9.17) is 23.2 Å². The van der Waals surface area contributed by atoms with E-state index in [1.165, 1.54) is 5.56 Å². The van der Waals surface area contributed by atoms with E-state index in [0.29, 0.717) is 10.0 Å². The lowest BCUT2D eigenvalue weighted by atomic mass is 10.1. The van der Waals surface area contributed by atoms with E-state index in [-0.39, 0.29) is 0 Å². The Hall–Kier alpha value is -2.55. The largest absolute Gasteiger partial charge is 0.338 e. The number of hydrogen-bond acceptors (Lipinski definition) is 1. The zero-order valence-corrected chi connectivity index (χ0v) is 14.7. The Bertz CT molecular complexity index is 1070. The van der Waals surface area contributed by atoms with Crippen LogP contribution in [0.5, 0.6) is 0 Å². The maximum Gasteiger partial charge on any atom is 0.131 e. The van der Waals surface area contributed by atoms with Crippen LogP contribution in [-0.2, 0) is 0 Å². The molecule has 0 atom stereocenters. The fourth-order valence-electron chi connectivity index (χ4n) is 2.72. The number of aromatic nitrogens is 2. The van der Waals surface area contributed by atoms with E-state index in [1.54, 1.807) is 6.07 Å². The molecule has 1 N–H and O–H groups in total. The molecule has 3 aromatic carbocycles. The number of aromatic amines is 1.